The number of aryl methyl sites for hydroxylation is 1. The molecule has 2 amide bonds. The Morgan fingerprint density at radius 3 is 2.61 bits per heavy atom. The standard InChI is InChI=1S/C26H31ClN2O4/c1-17(2)16-33-25-21(27)14-19(15-22(25)32-4)10-11-23(30)28-24-18(3)8-7-9-20(24)26(31)29-12-5-6-13-29/h7-11,14-15,17H,5-6,12-13,16H2,1-4H3,(H,28,30)/b11-10+. The van der Waals surface area contributed by atoms with Gasteiger partial charge < -0.3 is 19.7 Å². The molecule has 1 N–H and O–H groups in total. The molecule has 0 unspecified atom stereocenters. The summed E-state index contributed by atoms with van der Waals surface area (Å²) in [6, 6.07) is 8.95. The van der Waals surface area contributed by atoms with Crippen LogP contribution in [0.3, 0.4) is 0 Å². The van der Waals surface area contributed by atoms with E-state index in [0.717, 1.165) is 31.5 Å². The molecule has 2 aromatic rings. The van der Waals surface area contributed by atoms with Crippen molar-refractivity contribution in [1.82, 2.24) is 4.90 Å². The molecule has 0 bridgehead atoms. The third-order valence-corrected chi connectivity index (χ3v) is 5.67. The molecular weight excluding hydrogens is 440 g/mol. The number of nitrogens with zero attached hydrogens (tertiary/aromatic N) is 1. The second-order valence-electron chi connectivity index (χ2n) is 8.56. The Balaban J connectivity index is 1.77. The SMILES string of the molecule is COc1cc(/C=C/C(=O)Nc2c(C)cccc2C(=O)N2CCCC2)cc(Cl)c1OCC(C)C. The van der Waals surface area contributed by atoms with Crippen molar-refractivity contribution in [3.63, 3.8) is 0 Å². The lowest BCUT2D eigenvalue weighted by atomic mass is 10.1. The number of likely N-dealkylation sites (tertiary alicyclic amines) is 1. The topological polar surface area (TPSA) is 67.9 Å². The van der Waals surface area contributed by atoms with E-state index in [9.17, 15) is 9.59 Å². The molecule has 1 heterocycles. The minimum absolute atomic E-state index is 0.0519. The zero-order valence-corrected chi connectivity index (χ0v) is 20.4. The number of halogens is 1. The highest BCUT2D eigenvalue weighted by Crippen LogP contribution is 2.37. The van der Waals surface area contributed by atoms with Crippen LogP contribution in [0.4, 0.5) is 5.69 Å². The van der Waals surface area contributed by atoms with Crippen molar-refractivity contribution in [2.75, 3.05) is 32.1 Å². The molecule has 1 saturated heterocycles. The molecule has 0 aliphatic carbocycles. The monoisotopic (exact) mass is 470 g/mol. The van der Waals surface area contributed by atoms with E-state index in [1.54, 1.807) is 31.4 Å². The van der Waals surface area contributed by atoms with Crippen LogP contribution in [0.5, 0.6) is 11.5 Å². The third-order valence-electron chi connectivity index (χ3n) is 5.38. The van der Waals surface area contributed by atoms with Gasteiger partial charge in [0.1, 0.15) is 0 Å². The number of methoxy groups -OCH3 is 1. The smallest absolute Gasteiger partial charge is 0.255 e. The fourth-order valence-electron chi connectivity index (χ4n) is 3.67. The van der Waals surface area contributed by atoms with Gasteiger partial charge in [0.15, 0.2) is 11.5 Å². The molecule has 7 heteroatoms. The summed E-state index contributed by atoms with van der Waals surface area (Å²) >= 11 is 6.40. The minimum Gasteiger partial charge on any atom is -0.493 e. The van der Waals surface area contributed by atoms with Crippen molar-refractivity contribution >= 4 is 35.2 Å². The zero-order chi connectivity index (χ0) is 24.0. The average Bonchev–Trinajstić information content (AvgIpc) is 3.32. The van der Waals surface area contributed by atoms with E-state index in [1.807, 2.05) is 24.0 Å². The summed E-state index contributed by atoms with van der Waals surface area (Å²) in [5.41, 5.74) is 2.58. The maximum absolute atomic E-state index is 12.9. The fourth-order valence-corrected chi connectivity index (χ4v) is 3.94. The van der Waals surface area contributed by atoms with Gasteiger partial charge in [-0.3, -0.25) is 9.59 Å². The molecular formula is C26H31ClN2O4. The number of benzene rings is 2. The van der Waals surface area contributed by atoms with Gasteiger partial charge in [-0.2, -0.15) is 0 Å². The van der Waals surface area contributed by atoms with Gasteiger partial charge in [-0.1, -0.05) is 37.6 Å². The lowest BCUT2D eigenvalue weighted by Gasteiger charge is -2.19. The van der Waals surface area contributed by atoms with Crippen LogP contribution in [0.1, 0.15) is 48.2 Å². The van der Waals surface area contributed by atoms with Crippen molar-refractivity contribution in [3.05, 3.63) is 58.1 Å². The minimum atomic E-state index is -0.338. The number of carbonyl (C=O) groups excluding carboxylic acids is 2. The molecule has 176 valence electrons. The number of rotatable bonds is 8. The lowest BCUT2D eigenvalue weighted by molar-refractivity contribution is -0.111. The predicted octanol–water partition coefficient (Wildman–Crippen LogP) is 5.58. The molecule has 0 atom stereocenters. The Labute approximate surface area is 200 Å². The van der Waals surface area contributed by atoms with E-state index in [1.165, 1.54) is 6.08 Å². The number of amides is 2. The molecule has 0 saturated carbocycles. The van der Waals surface area contributed by atoms with E-state index in [-0.39, 0.29) is 11.8 Å². The normalized spacial score (nSPS) is 13.6. The van der Waals surface area contributed by atoms with Crippen LogP contribution >= 0.6 is 11.6 Å². The average molecular weight is 471 g/mol. The van der Waals surface area contributed by atoms with Crippen molar-refractivity contribution in [2.24, 2.45) is 5.92 Å². The van der Waals surface area contributed by atoms with Crippen molar-refractivity contribution in [3.8, 4) is 11.5 Å². The molecule has 0 radical (unpaired) electrons. The summed E-state index contributed by atoms with van der Waals surface area (Å²) < 4.78 is 11.2. The first-order chi connectivity index (χ1) is 15.8. The van der Waals surface area contributed by atoms with Crippen molar-refractivity contribution in [2.45, 2.75) is 33.6 Å². The summed E-state index contributed by atoms with van der Waals surface area (Å²) in [4.78, 5) is 27.5. The van der Waals surface area contributed by atoms with Gasteiger partial charge in [0, 0.05) is 19.2 Å². The summed E-state index contributed by atoms with van der Waals surface area (Å²) in [5.74, 6) is 0.941. The fraction of sp³-hybridized carbons (Fsp3) is 0.385. The Hall–Kier alpha value is -2.99. The summed E-state index contributed by atoms with van der Waals surface area (Å²) in [5, 5.41) is 3.29. The van der Waals surface area contributed by atoms with Crippen molar-refractivity contribution < 1.29 is 19.1 Å². The van der Waals surface area contributed by atoms with Crippen LogP contribution in [0.15, 0.2) is 36.4 Å². The van der Waals surface area contributed by atoms with Crippen LogP contribution in [-0.4, -0.2) is 43.5 Å². The van der Waals surface area contributed by atoms with Gasteiger partial charge in [0.2, 0.25) is 5.91 Å². The molecule has 2 aromatic carbocycles. The van der Waals surface area contributed by atoms with Gasteiger partial charge in [-0.05, 0) is 61.1 Å². The maximum atomic E-state index is 12.9. The Morgan fingerprint density at radius 1 is 1.21 bits per heavy atom. The van der Waals surface area contributed by atoms with E-state index in [0.29, 0.717) is 45.9 Å². The summed E-state index contributed by atoms with van der Waals surface area (Å²) in [6.07, 6.45) is 5.08. The van der Waals surface area contributed by atoms with Gasteiger partial charge in [-0.15, -0.1) is 0 Å². The Bertz CT molecular complexity index is 1040. The second-order valence-corrected chi connectivity index (χ2v) is 8.97. The number of hydrogen-bond donors (Lipinski definition) is 1. The predicted molar refractivity (Wildman–Crippen MR) is 132 cm³/mol. The van der Waals surface area contributed by atoms with E-state index in [4.69, 9.17) is 21.1 Å². The van der Waals surface area contributed by atoms with Crippen LogP contribution in [-0.2, 0) is 4.79 Å². The number of carbonyl (C=O) groups is 2. The zero-order valence-electron chi connectivity index (χ0n) is 19.6. The quantitative estimate of drug-likeness (QED) is 0.511. The van der Waals surface area contributed by atoms with Crippen LogP contribution < -0.4 is 14.8 Å². The summed E-state index contributed by atoms with van der Waals surface area (Å²) in [6.45, 7) is 7.99. The van der Waals surface area contributed by atoms with Gasteiger partial charge in [0.05, 0.1) is 30.0 Å². The lowest BCUT2D eigenvalue weighted by Crippen LogP contribution is -2.29. The molecule has 3 rings (SSSR count). The Morgan fingerprint density at radius 2 is 1.94 bits per heavy atom. The number of para-hydroxylation sites is 1. The van der Waals surface area contributed by atoms with E-state index in [2.05, 4.69) is 19.2 Å². The van der Waals surface area contributed by atoms with Gasteiger partial charge in [0.25, 0.3) is 5.91 Å². The summed E-state index contributed by atoms with van der Waals surface area (Å²) in [7, 11) is 1.55. The molecule has 1 fully saturated rings. The second kappa shape index (κ2) is 11.2. The first kappa shape index (κ1) is 24.6. The molecule has 0 spiro atoms. The third kappa shape index (κ3) is 6.29. The van der Waals surface area contributed by atoms with Gasteiger partial charge >= 0.3 is 0 Å². The van der Waals surface area contributed by atoms with E-state index < -0.39 is 0 Å². The molecule has 0 aromatic heterocycles. The molecule has 33 heavy (non-hydrogen) atoms. The first-order valence-electron chi connectivity index (χ1n) is 11.2. The van der Waals surface area contributed by atoms with Crippen LogP contribution in [0.25, 0.3) is 6.08 Å². The number of nitrogens with one attached hydrogen (secondary N) is 1. The largest absolute Gasteiger partial charge is 0.493 e. The molecule has 6 nitrogen and oxygen atoms in total. The van der Waals surface area contributed by atoms with Crippen LogP contribution in [0.2, 0.25) is 5.02 Å². The van der Waals surface area contributed by atoms with Gasteiger partial charge in [-0.25, -0.2) is 0 Å². The first-order valence-corrected chi connectivity index (χ1v) is 11.6. The highest BCUT2D eigenvalue weighted by Gasteiger charge is 2.23. The van der Waals surface area contributed by atoms with Crippen LogP contribution in [0, 0.1) is 12.8 Å². The molecule has 1 aliphatic heterocycles. The highest BCUT2D eigenvalue weighted by molar-refractivity contribution is 6.32. The molecule has 1 aliphatic rings. The Kier molecular flexibility index (Phi) is 8.39. The number of hydrogen-bond acceptors (Lipinski definition) is 4. The van der Waals surface area contributed by atoms with Crippen molar-refractivity contribution in [1.29, 1.82) is 0 Å². The highest BCUT2D eigenvalue weighted by atomic mass is 35.5. The van der Waals surface area contributed by atoms with E-state index >= 15 is 0 Å². The number of ether oxygens (including phenoxy) is 2. The number of anilines is 1. The maximum Gasteiger partial charge on any atom is 0.255 e.